The first-order chi connectivity index (χ1) is 16.4. The van der Waals surface area contributed by atoms with E-state index in [9.17, 15) is 9.59 Å². The molecule has 0 fully saturated rings. The highest BCUT2D eigenvalue weighted by Gasteiger charge is 2.26. The van der Waals surface area contributed by atoms with Crippen LogP contribution >= 0.6 is 11.3 Å². The Hall–Kier alpha value is -3.33. The van der Waals surface area contributed by atoms with Crippen molar-refractivity contribution >= 4 is 34.0 Å². The van der Waals surface area contributed by atoms with E-state index >= 15 is 0 Å². The van der Waals surface area contributed by atoms with E-state index in [2.05, 4.69) is 22.5 Å². The molecule has 1 aliphatic rings. The summed E-state index contributed by atoms with van der Waals surface area (Å²) in [6.07, 6.45) is 5.86. The van der Waals surface area contributed by atoms with Crippen LogP contribution in [0.5, 0.6) is 0 Å². The van der Waals surface area contributed by atoms with Crippen molar-refractivity contribution in [2.45, 2.75) is 45.1 Å². The summed E-state index contributed by atoms with van der Waals surface area (Å²) in [5, 5.41) is 6.51. The minimum Gasteiger partial charge on any atom is -0.449 e. The van der Waals surface area contributed by atoms with Crippen LogP contribution in [0.15, 0.2) is 42.9 Å². The topological polar surface area (TPSA) is 111 Å². The maximum Gasteiger partial charge on any atom is 0.407 e. The molecule has 2 atom stereocenters. The van der Waals surface area contributed by atoms with E-state index in [4.69, 9.17) is 10.5 Å². The van der Waals surface area contributed by atoms with Gasteiger partial charge < -0.3 is 25.7 Å². The van der Waals surface area contributed by atoms with E-state index in [1.165, 1.54) is 16.2 Å². The summed E-state index contributed by atoms with van der Waals surface area (Å²) in [5.41, 5.74) is 10.2. The molecule has 0 saturated heterocycles. The summed E-state index contributed by atoms with van der Waals surface area (Å²) in [6, 6.07) is 10.0. The summed E-state index contributed by atoms with van der Waals surface area (Å²) in [7, 11) is 1.88. The Morgan fingerprint density at radius 1 is 1.32 bits per heavy atom. The van der Waals surface area contributed by atoms with Crippen molar-refractivity contribution in [2.75, 3.05) is 17.7 Å². The van der Waals surface area contributed by atoms with E-state index in [-0.39, 0.29) is 17.7 Å². The van der Waals surface area contributed by atoms with Gasteiger partial charge in [-0.2, -0.15) is 0 Å². The van der Waals surface area contributed by atoms with E-state index < -0.39 is 6.09 Å². The standard InChI is InChI=1S/C25H31N5O3S/c1-16(18-6-4-3-5-7-18)10-22(31)29-24-23(26)20-9-8-17(11-21(20)34-24)14-33-25(32)28-13-19-12-27-15-30(19)2/h3-7,12,15-17H,8-11,13-14,26H2,1-2H3,(H,28,32)(H,29,31). The zero-order valence-electron chi connectivity index (χ0n) is 19.5. The summed E-state index contributed by atoms with van der Waals surface area (Å²) >= 11 is 1.54. The molecule has 1 aromatic carbocycles. The number of amides is 2. The van der Waals surface area contributed by atoms with E-state index in [0.29, 0.717) is 25.3 Å². The van der Waals surface area contributed by atoms with Crippen LogP contribution < -0.4 is 16.4 Å². The fourth-order valence-electron chi connectivity index (χ4n) is 4.23. The fraction of sp³-hybridized carbons (Fsp3) is 0.400. The molecule has 2 aromatic heterocycles. The zero-order valence-corrected chi connectivity index (χ0v) is 20.4. The van der Waals surface area contributed by atoms with Gasteiger partial charge in [-0.15, -0.1) is 11.3 Å². The highest BCUT2D eigenvalue weighted by atomic mass is 32.1. The molecule has 8 nitrogen and oxygen atoms in total. The largest absolute Gasteiger partial charge is 0.449 e. The molecule has 180 valence electrons. The number of carbonyl (C=O) groups excluding carboxylic acids is 2. The Kier molecular flexibility index (Phi) is 7.52. The number of aromatic nitrogens is 2. The molecule has 3 aromatic rings. The number of hydrogen-bond acceptors (Lipinski definition) is 6. The Morgan fingerprint density at radius 3 is 2.85 bits per heavy atom. The van der Waals surface area contributed by atoms with Crippen LogP contribution in [0.3, 0.4) is 0 Å². The maximum absolute atomic E-state index is 12.6. The lowest BCUT2D eigenvalue weighted by Crippen LogP contribution is -2.28. The van der Waals surface area contributed by atoms with Gasteiger partial charge in [-0.3, -0.25) is 4.79 Å². The van der Waals surface area contributed by atoms with E-state index in [1.54, 1.807) is 12.5 Å². The first-order valence-corrected chi connectivity index (χ1v) is 12.3. The lowest BCUT2D eigenvalue weighted by molar-refractivity contribution is -0.116. The number of imidazole rings is 1. The number of fused-ring (bicyclic) bond motifs is 1. The molecule has 34 heavy (non-hydrogen) atoms. The van der Waals surface area contributed by atoms with Gasteiger partial charge in [-0.25, -0.2) is 9.78 Å². The number of anilines is 2. The van der Waals surface area contributed by atoms with Gasteiger partial charge in [-0.05, 0) is 42.2 Å². The van der Waals surface area contributed by atoms with E-state index in [1.807, 2.05) is 41.9 Å². The number of nitrogens with zero attached hydrogens (tertiary/aromatic N) is 2. The molecular weight excluding hydrogens is 450 g/mol. The Balaban J connectivity index is 1.27. The molecule has 0 spiro atoms. The third kappa shape index (κ3) is 5.77. The molecule has 4 rings (SSSR count). The van der Waals surface area contributed by atoms with Crippen molar-refractivity contribution < 1.29 is 14.3 Å². The lowest BCUT2D eigenvalue weighted by atomic mass is 9.89. The average molecular weight is 482 g/mol. The highest BCUT2D eigenvalue weighted by molar-refractivity contribution is 7.17. The second-order valence-corrected chi connectivity index (χ2v) is 9.97. The van der Waals surface area contributed by atoms with Crippen molar-refractivity contribution in [3.05, 3.63) is 64.6 Å². The van der Waals surface area contributed by atoms with Crippen molar-refractivity contribution in [2.24, 2.45) is 13.0 Å². The van der Waals surface area contributed by atoms with Gasteiger partial charge >= 0.3 is 6.09 Å². The molecule has 1 aliphatic carbocycles. The molecule has 4 N–H and O–H groups in total. The van der Waals surface area contributed by atoms with Crippen molar-refractivity contribution in [1.82, 2.24) is 14.9 Å². The van der Waals surface area contributed by atoms with Crippen LogP contribution in [-0.4, -0.2) is 28.2 Å². The molecule has 0 saturated carbocycles. The zero-order chi connectivity index (χ0) is 24.1. The number of carbonyl (C=O) groups is 2. The Morgan fingerprint density at radius 2 is 2.12 bits per heavy atom. The average Bonchev–Trinajstić information content (AvgIpc) is 3.38. The summed E-state index contributed by atoms with van der Waals surface area (Å²) in [5.74, 6) is 0.323. The normalized spacial score (nSPS) is 15.9. The number of alkyl carbamates (subject to hydrolysis) is 1. The van der Waals surface area contributed by atoms with Crippen molar-refractivity contribution in [1.29, 1.82) is 0 Å². The van der Waals surface area contributed by atoms with Crippen LogP contribution in [0, 0.1) is 5.92 Å². The predicted molar refractivity (Wildman–Crippen MR) is 134 cm³/mol. The number of nitrogens with two attached hydrogens (primary N) is 1. The third-order valence-electron chi connectivity index (χ3n) is 6.30. The van der Waals surface area contributed by atoms with E-state index in [0.717, 1.165) is 41.1 Å². The predicted octanol–water partition coefficient (Wildman–Crippen LogP) is 4.23. The fourth-order valence-corrected chi connectivity index (χ4v) is 5.53. The van der Waals surface area contributed by atoms with Crippen LogP contribution in [-0.2, 0) is 36.0 Å². The second kappa shape index (κ2) is 10.7. The molecule has 0 bridgehead atoms. The first-order valence-electron chi connectivity index (χ1n) is 11.5. The molecule has 2 heterocycles. The molecule has 0 radical (unpaired) electrons. The molecule has 9 heteroatoms. The second-order valence-electron chi connectivity index (χ2n) is 8.87. The number of nitrogens with one attached hydrogen (secondary N) is 2. The number of hydrogen-bond donors (Lipinski definition) is 3. The van der Waals surface area contributed by atoms with Crippen LogP contribution in [0.25, 0.3) is 0 Å². The SMILES string of the molecule is CC(CC(=O)Nc1sc2c(c1N)CCC(COC(=O)NCc1cncn1C)C2)c1ccccc1. The van der Waals surface area contributed by atoms with Crippen molar-refractivity contribution in [3.8, 4) is 0 Å². The van der Waals surface area contributed by atoms with Crippen LogP contribution in [0.4, 0.5) is 15.5 Å². The summed E-state index contributed by atoms with van der Waals surface area (Å²) in [6.45, 7) is 2.78. The van der Waals surface area contributed by atoms with Gasteiger partial charge in [0.2, 0.25) is 5.91 Å². The molecular formula is C25H31N5O3S. The number of benzene rings is 1. The smallest absolute Gasteiger partial charge is 0.407 e. The summed E-state index contributed by atoms with van der Waals surface area (Å²) in [4.78, 5) is 29.9. The van der Waals surface area contributed by atoms with Gasteiger partial charge in [0, 0.05) is 24.5 Å². The van der Waals surface area contributed by atoms with Gasteiger partial charge in [-0.1, -0.05) is 37.3 Å². The number of nitrogen functional groups attached to an aromatic ring is 1. The highest BCUT2D eigenvalue weighted by Crippen LogP contribution is 2.41. The summed E-state index contributed by atoms with van der Waals surface area (Å²) < 4.78 is 7.30. The molecule has 2 amide bonds. The Labute approximate surface area is 203 Å². The number of ether oxygens (including phenoxy) is 1. The Bertz CT molecular complexity index is 1140. The molecule has 2 unspecified atom stereocenters. The third-order valence-corrected chi connectivity index (χ3v) is 7.49. The minimum absolute atomic E-state index is 0.0355. The quantitative estimate of drug-likeness (QED) is 0.446. The van der Waals surface area contributed by atoms with Crippen molar-refractivity contribution in [3.63, 3.8) is 0 Å². The van der Waals surface area contributed by atoms with Gasteiger partial charge in [0.25, 0.3) is 0 Å². The van der Waals surface area contributed by atoms with Gasteiger partial charge in [0.1, 0.15) is 5.00 Å². The number of thiophene rings is 1. The first kappa shape index (κ1) is 23.8. The van der Waals surface area contributed by atoms with Gasteiger partial charge in [0.15, 0.2) is 0 Å². The number of aryl methyl sites for hydroxylation is 1. The lowest BCUT2D eigenvalue weighted by Gasteiger charge is -2.22. The van der Waals surface area contributed by atoms with Crippen LogP contribution in [0.1, 0.15) is 47.4 Å². The van der Waals surface area contributed by atoms with Gasteiger partial charge in [0.05, 0.1) is 30.9 Å². The number of rotatable bonds is 8. The minimum atomic E-state index is -0.432. The molecule has 0 aliphatic heterocycles. The monoisotopic (exact) mass is 481 g/mol. The van der Waals surface area contributed by atoms with Crippen LogP contribution in [0.2, 0.25) is 0 Å². The maximum atomic E-state index is 12.6.